The van der Waals surface area contributed by atoms with Crippen LogP contribution in [0.1, 0.15) is 10.4 Å². The van der Waals surface area contributed by atoms with Gasteiger partial charge in [0, 0.05) is 0 Å². The fourth-order valence-corrected chi connectivity index (χ4v) is 2.98. The topological polar surface area (TPSA) is 87.7 Å². The van der Waals surface area contributed by atoms with Crippen molar-refractivity contribution < 1.29 is 19.4 Å². The number of rotatable bonds is 2. The van der Waals surface area contributed by atoms with Crippen molar-refractivity contribution in [2.45, 2.75) is 0 Å². The SMILES string of the molecule is O=C(O)c1ccccc1-c1cc(O)c2c(=O)c3ccccc3oc2c1. The third-order valence-electron chi connectivity index (χ3n) is 4.13. The Hall–Kier alpha value is -3.60. The maximum absolute atomic E-state index is 12.6. The fraction of sp³-hybridized carbons (Fsp3) is 0. The second kappa shape index (κ2) is 5.49. The second-order valence-electron chi connectivity index (χ2n) is 5.65. The zero-order chi connectivity index (χ0) is 17.6. The molecule has 5 nitrogen and oxygen atoms in total. The second-order valence-corrected chi connectivity index (χ2v) is 5.65. The highest BCUT2D eigenvalue weighted by Crippen LogP contribution is 2.33. The number of fused-ring (bicyclic) bond motifs is 2. The van der Waals surface area contributed by atoms with E-state index in [1.54, 1.807) is 48.5 Å². The van der Waals surface area contributed by atoms with Gasteiger partial charge in [-0.15, -0.1) is 0 Å². The Bertz CT molecular complexity index is 1200. The molecule has 0 spiro atoms. The number of aromatic hydroxyl groups is 1. The lowest BCUT2D eigenvalue weighted by Crippen LogP contribution is -2.03. The Morgan fingerprint density at radius 3 is 2.44 bits per heavy atom. The van der Waals surface area contributed by atoms with Crippen LogP contribution in [0.3, 0.4) is 0 Å². The minimum Gasteiger partial charge on any atom is -0.507 e. The van der Waals surface area contributed by atoms with Crippen molar-refractivity contribution in [2.24, 2.45) is 0 Å². The van der Waals surface area contributed by atoms with Crippen LogP contribution in [-0.2, 0) is 0 Å². The van der Waals surface area contributed by atoms with Gasteiger partial charge in [0.05, 0.1) is 10.9 Å². The summed E-state index contributed by atoms with van der Waals surface area (Å²) in [5.41, 5.74) is 1.28. The largest absolute Gasteiger partial charge is 0.507 e. The molecule has 0 aliphatic carbocycles. The maximum Gasteiger partial charge on any atom is 0.336 e. The molecule has 0 unspecified atom stereocenters. The summed E-state index contributed by atoms with van der Waals surface area (Å²) in [6.07, 6.45) is 0. The molecule has 122 valence electrons. The number of carboxylic acid groups (broad SMARTS) is 1. The Morgan fingerprint density at radius 2 is 1.64 bits per heavy atom. The first-order valence-corrected chi connectivity index (χ1v) is 7.57. The van der Waals surface area contributed by atoms with E-state index in [1.165, 1.54) is 12.1 Å². The van der Waals surface area contributed by atoms with Crippen molar-refractivity contribution >= 4 is 27.9 Å². The molecule has 1 aromatic heterocycles. The van der Waals surface area contributed by atoms with Crippen LogP contribution in [0.25, 0.3) is 33.1 Å². The summed E-state index contributed by atoms with van der Waals surface area (Å²) in [6.45, 7) is 0. The van der Waals surface area contributed by atoms with Crippen molar-refractivity contribution in [3.8, 4) is 16.9 Å². The predicted octanol–water partition coefficient (Wildman–Crippen LogP) is 4.02. The van der Waals surface area contributed by atoms with Crippen molar-refractivity contribution in [3.05, 3.63) is 76.5 Å². The molecule has 0 amide bonds. The lowest BCUT2D eigenvalue weighted by Gasteiger charge is -2.09. The molecule has 0 atom stereocenters. The van der Waals surface area contributed by atoms with Gasteiger partial charge in [0.15, 0.2) is 0 Å². The van der Waals surface area contributed by atoms with E-state index in [1.807, 2.05) is 0 Å². The minimum atomic E-state index is -1.07. The number of hydrogen-bond acceptors (Lipinski definition) is 4. The number of benzene rings is 3. The lowest BCUT2D eigenvalue weighted by molar-refractivity contribution is 0.0697. The summed E-state index contributed by atoms with van der Waals surface area (Å²) < 4.78 is 5.76. The summed E-state index contributed by atoms with van der Waals surface area (Å²) in [5.74, 6) is -1.32. The first kappa shape index (κ1) is 15.0. The molecule has 1 heterocycles. The maximum atomic E-state index is 12.6. The molecule has 3 aromatic carbocycles. The van der Waals surface area contributed by atoms with Crippen LogP contribution in [-0.4, -0.2) is 16.2 Å². The van der Waals surface area contributed by atoms with Gasteiger partial charge in [-0.1, -0.05) is 30.3 Å². The van der Waals surface area contributed by atoms with Gasteiger partial charge >= 0.3 is 5.97 Å². The standard InChI is InChI=1S/C20H12O5/c21-15-9-11(12-5-1-2-6-13(12)20(23)24)10-17-18(15)19(22)14-7-3-4-8-16(14)25-17/h1-10,21H,(H,23,24). The zero-order valence-electron chi connectivity index (χ0n) is 12.9. The molecule has 25 heavy (non-hydrogen) atoms. The molecule has 0 fully saturated rings. The highest BCUT2D eigenvalue weighted by atomic mass is 16.4. The molecule has 4 rings (SSSR count). The van der Waals surface area contributed by atoms with Crippen molar-refractivity contribution in [1.82, 2.24) is 0 Å². The average Bonchev–Trinajstić information content (AvgIpc) is 2.61. The van der Waals surface area contributed by atoms with Crippen molar-refractivity contribution in [3.63, 3.8) is 0 Å². The summed E-state index contributed by atoms with van der Waals surface area (Å²) in [4.78, 5) is 24.1. The molecule has 0 radical (unpaired) electrons. The molecule has 0 aliphatic rings. The van der Waals surface area contributed by atoms with Crippen LogP contribution in [0.2, 0.25) is 0 Å². The fourth-order valence-electron chi connectivity index (χ4n) is 2.98. The first-order valence-electron chi connectivity index (χ1n) is 7.57. The van der Waals surface area contributed by atoms with Crippen LogP contribution >= 0.6 is 0 Å². The number of aromatic carboxylic acids is 1. The number of para-hydroxylation sites is 1. The van der Waals surface area contributed by atoms with Gasteiger partial charge in [-0.3, -0.25) is 4.79 Å². The monoisotopic (exact) mass is 332 g/mol. The molecular formula is C20H12O5. The molecule has 0 bridgehead atoms. The Kier molecular flexibility index (Phi) is 3.28. The van der Waals surface area contributed by atoms with Crippen LogP contribution in [0.15, 0.2) is 69.9 Å². The van der Waals surface area contributed by atoms with E-state index < -0.39 is 5.97 Å². The van der Waals surface area contributed by atoms with Crippen LogP contribution in [0.5, 0.6) is 5.75 Å². The normalized spacial score (nSPS) is 11.0. The zero-order valence-corrected chi connectivity index (χ0v) is 12.9. The van der Waals surface area contributed by atoms with E-state index in [4.69, 9.17) is 4.42 Å². The van der Waals surface area contributed by atoms with Gasteiger partial charge in [0.1, 0.15) is 22.3 Å². The molecule has 4 aromatic rings. The number of phenols is 1. The van der Waals surface area contributed by atoms with Crippen LogP contribution in [0, 0.1) is 0 Å². The summed E-state index contributed by atoms with van der Waals surface area (Å²) >= 11 is 0. The van der Waals surface area contributed by atoms with Gasteiger partial charge in [0.25, 0.3) is 0 Å². The molecule has 2 N–H and O–H groups in total. The van der Waals surface area contributed by atoms with Gasteiger partial charge in [-0.2, -0.15) is 0 Å². The van der Waals surface area contributed by atoms with Gasteiger partial charge in [-0.25, -0.2) is 4.79 Å². The highest BCUT2D eigenvalue weighted by Gasteiger charge is 2.16. The van der Waals surface area contributed by atoms with E-state index in [9.17, 15) is 19.8 Å². The highest BCUT2D eigenvalue weighted by molar-refractivity contribution is 5.99. The molecule has 0 saturated heterocycles. The van der Waals surface area contributed by atoms with Gasteiger partial charge in [0.2, 0.25) is 5.43 Å². The number of hydrogen-bond donors (Lipinski definition) is 2. The predicted molar refractivity (Wildman–Crippen MR) is 94.1 cm³/mol. The van der Waals surface area contributed by atoms with Crippen molar-refractivity contribution in [1.29, 1.82) is 0 Å². The lowest BCUT2D eigenvalue weighted by atomic mass is 9.98. The molecule has 5 heteroatoms. The van der Waals surface area contributed by atoms with Crippen LogP contribution < -0.4 is 5.43 Å². The Balaban J connectivity index is 2.08. The average molecular weight is 332 g/mol. The smallest absolute Gasteiger partial charge is 0.336 e. The number of carboxylic acids is 1. The summed E-state index contributed by atoms with van der Waals surface area (Å²) in [6, 6.07) is 16.2. The summed E-state index contributed by atoms with van der Waals surface area (Å²) in [7, 11) is 0. The van der Waals surface area contributed by atoms with E-state index in [-0.39, 0.29) is 27.7 Å². The quantitative estimate of drug-likeness (QED) is 0.541. The van der Waals surface area contributed by atoms with E-state index in [0.29, 0.717) is 22.1 Å². The van der Waals surface area contributed by atoms with E-state index >= 15 is 0 Å². The first-order chi connectivity index (χ1) is 12.1. The van der Waals surface area contributed by atoms with Crippen LogP contribution in [0.4, 0.5) is 0 Å². The molecule has 0 aliphatic heterocycles. The van der Waals surface area contributed by atoms with Gasteiger partial charge < -0.3 is 14.6 Å². The molecular weight excluding hydrogens is 320 g/mol. The molecule has 0 saturated carbocycles. The van der Waals surface area contributed by atoms with E-state index in [0.717, 1.165) is 0 Å². The third-order valence-corrected chi connectivity index (χ3v) is 4.13. The number of carbonyl (C=O) groups is 1. The Morgan fingerprint density at radius 1 is 0.920 bits per heavy atom. The minimum absolute atomic E-state index is 0.0789. The van der Waals surface area contributed by atoms with E-state index in [2.05, 4.69) is 0 Å². The number of phenolic OH excluding ortho intramolecular Hbond substituents is 1. The van der Waals surface area contributed by atoms with Gasteiger partial charge in [-0.05, 0) is 41.5 Å². The summed E-state index contributed by atoms with van der Waals surface area (Å²) in [5, 5.41) is 20.2. The van der Waals surface area contributed by atoms with Crippen molar-refractivity contribution in [2.75, 3.05) is 0 Å². The Labute approximate surface area is 141 Å². The third kappa shape index (κ3) is 2.33.